The molecule has 1 aliphatic heterocycles. The van der Waals surface area contributed by atoms with E-state index in [4.69, 9.17) is 9.47 Å². The molecule has 2 rings (SSSR count). The molecule has 0 radical (unpaired) electrons. The molecular weight excluding hydrogens is 292 g/mol. The van der Waals surface area contributed by atoms with E-state index in [1.54, 1.807) is 7.11 Å². The van der Waals surface area contributed by atoms with Crippen molar-refractivity contribution in [1.29, 1.82) is 0 Å². The lowest BCUT2D eigenvalue weighted by Crippen LogP contribution is -2.51. The zero-order valence-corrected chi connectivity index (χ0v) is 14.3. The number of carbonyl (C=O) groups excluding carboxylic acids is 1. The van der Waals surface area contributed by atoms with E-state index in [9.17, 15) is 4.79 Å². The summed E-state index contributed by atoms with van der Waals surface area (Å²) < 4.78 is 10.8. The molecule has 0 bridgehead atoms. The normalized spacial score (nSPS) is 18.6. The molecule has 0 spiro atoms. The maximum absolute atomic E-state index is 12.5. The second-order valence-corrected chi connectivity index (χ2v) is 6.23. The smallest absolute Gasteiger partial charge is 0.253 e. The number of rotatable bonds is 7. The van der Waals surface area contributed by atoms with Crippen LogP contribution in [0.4, 0.5) is 0 Å². The van der Waals surface area contributed by atoms with Gasteiger partial charge in [0.05, 0.1) is 13.2 Å². The molecule has 1 saturated heterocycles. The van der Waals surface area contributed by atoms with Crippen molar-refractivity contribution in [3.05, 3.63) is 35.9 Å². The highest BCUT2D eigenvalue weighted by Gasteiger charge is 2.26. The summed E-state index contributed by atoms with van der Waals surface area (Å²) in [5.41, 5.74) is 0.875. The van der Waals surface area contributed by atoms with Crippen LogP contribution in [0, 0.1) is 5.92 Å². The van der Waals surface area contributed by atoms with E-state index in [1.807, 2.05) is 30.3 Å². The quantitative estimate of drug-likeness (QED) is 0.833. The van der Waals surface area contributed by atoms with Crippen LogP contribution in [-0.2, 0) is 14.3 Å². The van der Waals surface area contributed by atoms with Crippen molar-refractivity contribution in [2.75, 3.05) is 40.0 Å². The molecule has 23 heavy (non-hydrogen) atoms. The van der Waals surface area contributed by atoms with Gasteiger partial charge >= 0.3 is 0 Å². The van der Waals surface area contributed by atoms with Crippen molar-refractivity contribution in [3.8, 4) is 0 Å². The van der Waals surface area contributed by atoms with E-state index in [1.165, 1.54) is 0 Å². The Hall–Kier alpha value is -1.43. The molecule has 1 N–H and O–H groups in total. The van der Waals surface area contributed by atoms with Crippen LogP contribution in [-0.4, -0.2) is 56.8 Å². The van der Waals surface area contributed by atoms with Gasteiger partial charge in [-0.25, -0.2) is 0 Å². The molecule has 1 amide bonds. The van der Waals surface area contributed by atoms with Crippen LogP contribution < -0.4 is 5.32 Å². The average molecular weight is 320 g/mol. The molecule has 0 saturated carbocycles. The highest BCUT2D eigenvalue weighted by Crippen LogP contribution is 2.17. The number of nitrogens with zero attached hydrogens (tertiary/aromatic N) is 1. The molecule has 1 fully saturated rings. The Balaban J connectivity index is 1.94. The molecule has 2 atom stereocenters. The Bertz CT molecular complexity index is 472. The highest BCUT2D eigenvalue weighted by molar-refractivity contribution is 5.82. The van der Waals surface area contributed by atoms with Gasteiger partial charge in [-0.2, -0.15) is 0 Å². The van der Waals surface area contributed by atoms with E-state index in [2.05, 4.69) is 24.1 Å². The molecule has 1 aromatic rings. The molecule has 0 aromatic heterocycles. The predicted molar refractivity (Wildman–Crippen MR) is 90.2 cm³/mol. The number of methoxy groups -OCH3 is 1. The molecule has 0 aliphatic carbocycles. The topological polar surface area (TPSA) is 50.8 Å². The van der Waals surface area contributed by atoms with Crippen molar-refractivity contribution in [3.63, 3.8) is 0 Å². The van der Waals surface area contributed by atoms with Gasteiger partial charge in [0.1, 0.15) is 0 Å². The van der Waals surface area contributed by atoms with Gasteiger partial charge in [0, 0.05) is 32.8 Å². The monoisotopic (exact) mass is 320 g/mol. The molecule has 2 unspecified atom stereocenters. The van der Waals surface area contributed by atoms with Crippen molar-refractivity contribution in [2.45, 2.75) is 26.0 Å². The zero-order chi connectivity index (χ0) is 16.7. The Morgan fingerprint density at radius 3 is 2.48 bits per heavy atom. The molecule has 1 heterocycles. The van der Waals surface area contributed by atoms with Gasteiger partial charge in [0.2, 0.25) is 0 Å². The minimum atomic E-state index is -0.561. The van der Waals surface area contributed by atoms with Crippen LogP contribution in [0.3, 0.4) is 0 Å². The Kier molecular flexibility index (Phi) is 7.02. The maximum Gasteiger partial charge on any atom is 0.253 e. The van der Waals surface area contributed by atoms with Gasteiger partial charge in [-0.05, 0) is 11.5 Å². The summed E-state index contributed by atoms with van der Waals surface area (Å²) in [4.78, 5) is 14.9. The number of ether oxygens (including phenoxy) is 2. The van der Waals surface area contributed by atoms with Gasteiger partial charge < -0.3 is 14.8 Å². The summed E-state index contributed by atoms with van der Waals surface area (Å²) in [6.07, 6.45) is -0.561. The van der Waals surface area contributed by atoms with Gasteiger partial charge in [-0.15, -0.1) is 0 Å². The fourth-order valence-electron chi connectivity index (χ4n) is 3.02. The SMILES string of the molecule is COC(C(=O)NCC(C(C)C)N1CCOCC1)c1ccccc1. The summed E-state index contributed by atoms with van der Waals surface area (Å²) in [5.74, 6) is 0.378. The Labute approximate surface area is 139 Å². The number of carbonyl (C=O) groups is 1. The molecule has 5 heteroatoms. The minimum absolute atomic E-state index is 0.0855. The fraction of sp³-hybridized carbons (Fsp3) is 0.611. The van der Waals surface area contributed by atoms with Crippen molar-refractivity contribution in [2.24, 2.45) is 5.92 Å². The summed E-state index contributed by atoms with van der Waals surface area (Å²) >= 11 is 0. The van der Waals surface area contributed by atoms with E-state index in [-0.39, 0.29) is 5.91 Å². The number of hydrogen-bond acceptors (Lipinski definition) is 4. The number of amides is 1. The van der Waals surface area contributed by atoms with Gasteiger partial charge in [0.25, 0.3) is 5.91 Å². The second kappa shape index (κ2) is 9.01. The summed E-state index contributed by atoms with van der Waals surface area (Å²) in [7, 11) is 1.57. The molecular formula is C18H28N2O3. The van der Waals surface area contributed by atoms with Crippen LogP contribution in [0.1, 0.15) is 25.5 Å². The lowest BCUT2D eigenvalue weighted by Gasteiger charge is -2.37. The van der Waals surface area contributed by atoms with Gasteiger partial charge in [-0.1, -0.05) is 44.2 Å². The zero-order valence-electron chi connectivity index (χ0n) is 14.3. The third-order valence-corrected chi connectivity index (χ3v) is 4.35. The van der Waals surface area contributed by atoms with Crippen LogP contribution in [0.15, 0.2) is 30.3 Å². The first kappa shape index (κ1) is 17.9. The van der Waals surface area contributed by atoms with E-state index in [0.29, 0.717) is 18.5 Å². The predicted octanol–water partition coefficient (Wildman–Crippen LogP) is 1.85. The van der Waals surface area contributed by atoms with Crippen LogP contribution >= 0.6 is 0 Å². The van der Waals surface area contributed by atoms with Crippen LogP contribution in [0.2, 0.25) is 0 Å². The fourth-order valence-corrected chi connectivity index (χ4v) is 3.02. The number of nitrogens with one attached hydrogen (secondary N) is 1. The second-order valence-electron chi connectivity index (χ2n) is 6.23. The summed E-state index contributed by atoms with van der Waals surface area (Å²) in [6.45, 7) is 8.39. The largest absolute Gasteiger partial charge is 0.379 e. The van der Waals surface area contributed by atoms with Crippen molar-refractivity contribution >= 4 is 5.91 Å². The van der Waals surface area contributed by atoms with Gasteiger partial charge in [0.15, 0.2) is 6.10 Å². The number of morpholine rings is 1. The van der Waals surface area contributed by atoms with E-state index >= 15 is 0 Å². The first-order valence-electron chi connectivity index (χ1n) is 8.30. The van der Waals surface area contributed by atoms with E-state index < -0.39 is 6.10 Å². The molecule has 1 aromatic carbocycles. The first-order chi connectivity index (χ1) is 11.1. The highest BCUT2D eigenvalue weighted by atomic mass is 16.5. The number of benzene rings is 1. The lowest BCUT2D eigenvalue weighted by molar-refractivity contribution is -0.131. The van der Waals surface area contributed by atoms with E-state index in [0.717, 1.165) is 31.9 Å². The third-order valence-electron chi connectivity index (χ3n) is 4.35. The lowest BCUT2D eigenvalue weighted by atomic mass is 10.0. The summed E-state index contributed by atoms with van der Waals surface area (Å²) in [6, 6.07) is 9.90. The third kappa shape index (κ3) is 5.03. The van der Waals surface area contributed by atoms with Crippen LogP contribution in [0.5, 0.6) is 0 Å². The molecule has 128 valence electrons. The Morgan fingerprint density at radius 1 is 1.26 bits per heavy atom. The molecule has 5 nitrogen and oxygen atoms in total. The standard InChI is InChI=1S/C18H28N2O3/c1-14(2)16(20-9-11-23-12-10-20)13-19-18(21)17(22-3)15-7-5-4-6-8-15/h4-8,14,16-17H,9-13H2,1-3H3,(H,19,21). The minimum Gasteiger partial charge on any atom is -0.379 e. The first-order valence-corrected chi connectivity index (χ1v) is 8.30. The summed E-state index contributed by atoms with van der Waals surface area (Å²) in [5, 5.41) is 3.06. The van der Waals surface area contributed by atoms with Crippen LogP contribution in [0.25, 0.3) is 0 Å². The number of hydrogen-bond donors (Lipinski definition) is 1. The van der Waals surface area contributed by atoms with Crippen molar-refractivity contribution in [1.82, 2.24) is 10.2 Å². The van der Waals surface area contributed by atoms with Gasteiger partial charge in [-0.3, -0.25) is 9.69 Å². The Morgan fingerprint density at radius 2 is 1.91 bits per heavy atom. The average Bonchev–Trinajstić information content (AvgIpc) is 2.57. The van der Waals surface area contributed by atoms with Crippen molar-refractivity contribution < 1.29 is 14.3 Å². The maximum atomic E-state index is 12.5. The molecule has 1 aliphatic rings.